The summed E-state index contributed by atoms with van der Waals surface area (Å²) in [5, 5.41) is 0. The van der Waals surface area contributed by atoms with Gasteiger partial charge in [-0.25, -0.2) is 8.42 Å². The largest absolute Gasteiger partial charge is 0.339 e. The molecule has 0 atom stereocenters. The summed E-state index contributed by atoms with van der Waals surface area (Å²) in [5.41, 5.74) is 2.59. The second-order valence-electron chi connectivity index (χ2n) is 8.10. The van der Waals surface area contributed by atoms with Crippen molar-refractivity contribution in [1.82, 2.24) is 4.90 Å². The number of amides is 2. The Balaban J connectivity index is 1.50. The van der Waals surface area contributed by atoms with Gasteiger partial charge in [0.25, 0.3) is 15.9 Å². The zero-order valence-corrected chi connectivity index (χ0v) is 18.5. The fraction of sp³-hybridized carbons (Fsp3) is 0.391. The van der Waals surface area contributed by atoms with E-state index in [2.05, 4.69) is 4.72 Å². The molecule has 31 heavy (non-hydrogen) atoms. The summed E-state index contributed by atoms with van der Waals surface area (Å²) in [4.78, 5) is 28.1. The molecule has 0 spiro atoms. The fourth-order valence-electron chi connectivity index (χ4n) is 4.24. The smallest absolute Gasteiger partial charge is 0.261 e. The standard InChI is InChI=1S/C23H27N3O4S/c1-17(27)26-15-5-6-19-16-21(11-12-22(19)26)31(29,30)24-20-9-7-18(8-10-20)23(28)25-13-3-2-4-14-25/h7-12,16,24H,2-6,13-15H2,1H3. The maximum Gasteiger partial charge on any atom is 0.261 e. The first-order valence-corrected chi connectivity index (χ1v) is 12.2. The number of carbonyl (C=O) groups excluding carboxylic acids is 2. The van der Waals surface area contributed by atoms with E-state index in [9.17, 15) is 18.0 Å². The number of likely N-dealkylation sites (tertiary alicyclic amines) is 1. The van der Waals surface area contributed by atoms with Gasteiger partial charge < -0.3 is 9.80 Å². The molecular weight excluding hydrogens is 414 g/mol. The van der Waals surface area contributed by atoms with Gasteiger partial charge in [0, 0.05) is 43.5 Å². The van der Waals surface area contributed by atoms with E-state index < -0.39 is 10.0 Å². The highest BCUT2D eigenvalue weighted by atomic mass is 32.2. The summed E-state index contributed by atoms with van der Waals surface area (Å²) in [7, 11) is -3.79. The highest BCUT2D eigenvalue weighted by molar-refractivity contribution is 7.92. The van der Waals surface area contributed by atoms with Gasteiger partial charge in [0.1, 0.15) is 0 Å². The van der Waals surface area contributed by atoms with Gasteiger partial charge >= 0.3 is 0 Å². The second-order valence-corrected chi connectivity index (χ2v) is 9.78. The molecule has 2 aliphatic rings. The van der Waals surface area contributed by atoms with Crippen LogP contribution in [0.5, 0.6) is 0 Å². The second kappa shape index (κ2) is 8.70. The zero-order valence-electron chi connectivity index (χ0n) is 17.6. The number of piperidine rings is 1. The molecule has 0 bridgehead atoms. The highest BCUT2D eigenvalue weighted by Crippen LogP contribution is 2.30. The van der Waals surface area contributed by atoms with Crippen molar-refractivity contribution in [2.75, 3.05) is 29.3 Å². The summed E-state index contributed by atoms with van der Waals surface area (Å²) in [6.45, 7) is 3.70. The number of nitrogens with one attached hydrogen (secondary N) is 1. The molecule has 0 unspecified atom stereocenters. The van der Waals surface area contributed by atoms with Crippen LogP contribution in [-0.2, 0) is 21.2 Å². The summed E-state index contributed by atoms with van der Waals surface area (Å²) in [6, 6.07) is 11.4. The zero-order chi connectivity index (χ0) is 22.0. The van der Waals surface area contributed by atoms with Gasteiger partial charge in [-0.2, -0.15) is 0 Å². The minimum absolute atomic E-state index is 0.0150. The van der Waals surface area contributed by atoms with Crippen LogP contribution in [0.3, 0.4) is 0 Å². The minimum atomic E-state index is -3.79. The monoisotopic (exact) mass is 441 g/mol. The maximum atomic E-state index is 12.9. The van der Waals surface area contributed by atoms with Crippen LogP contribution >= 0.6 is 0 Å². The quantitative estimate of drug-likeness (QED) is 0.788. The summed E-state index contributed by atoms with van der Waals surface area (Å²) >= 11 is 0. The van der Waals surface area contributed by atoms with Gasteiger partial charge in [-0.15, -0.1) is 0 Å². The van der Waals surface area contributed by atoms with Crippen LogP contribution in [-0.4, -0.2) is 44.8 Å². The molecule has 1 N–H and O–H groups in total. The molecule has 2 aromatic carbocycles. The number of benzene rings is 2. The molecule has 1 saturated heterocycles. The Morgan fingerprint density at radius 1 is 0.903 bits per heavy atom. The van der Waals surface area contributed by atoms with Crippen molar-refractivity contribution >= 4 is 33.2 Å². The van der Waals surface area contributed by atoms with Crippen LogP contribution in [0, 0.1) is 0 Å². The van der Waals surface area contributed by atoms with Crippen LogP contribution in [0.1, 0.15) is 48.5 Å². The highest BCUT2D eigenvalue weighted by Gasteiger charge is 2.23. The molecule has 2 amide bonds. The Morgan fingerprint density at radius 2 is 1.61 bits per heavy atom. The average molecular weight is 442 g/mol. The van der Waals surface area contributed by atoms with Gasteiger partial charge in [0.2, 0.25) is 5.91 Å². The number of rotatable bonds is 4. The fourth-order valence-corrected chi connectivity index (χ4v) is 5.35. The lowest BCUT2D eigenvalue weighted by Crippen LogP contribution is -2.35. The molecule has 4 rings (SSSR count). The topological polar surface area (TPSA) is 86.8 Å². The van der Waals surface area contributed by atoms with E-state index in [0.717, 1.165) is 56.4 Å². The van der Waals surface area contributed by atoms with Crippen LogP contribution < -0.4 is 9.62 Å². The first-order valence-electron chi connectivity index (χ1n) is 10.7. The molecule has 164 valence electrons. The molecule has 2 heterocycles. The molecular formula is C23H27N3O4S. The summed E-state index contributed by atoms with van der Waals surface area (Å²) in [5.74, 6) is -0.0623. The molecule has 2 aromatic rings. The molecule has 0 aromatic heterocycles. The lowest BCUT2D eigenvalue weighted by atomic mass is 10.0. The summed E-state index contributed by atoms with van der Waals surface area (Å²) < 4.78 is 28.4. The minimum Gasteiger partial charge on any atom is -0.339 e. The molecule has 1 fully saturated rings. The lowest BCUT2D eigenvalue weighted by Gasteiger charge is -2.28. The predicted octanol–water partition coefficient (Wildman–Crippen LogP) is 3.41. The molecule has 0 radical (unpaired) electrons. The van der Waals surface area contributed by atoms with Crippen molar-refractivity contribution in [3.63, 3.8) is 0 Å². The van der Waals surface area contributed by atoms with Crippen molar-refractivity contribution in [1.29, 1.82) is 0 Å². The van der Waals surface area contributed by atoms with Crippen LogP contribution in [0.15, 0.2) is 47.4 Å². The number of carbonyl (C=O) groups is 2. The number of sulfonamides is 1. The van der Waals surface area contributed by atoms with Crippen LogP contribution in [0.4, 0.5) is 11.4 Å². The van der Waals surface area contributed by atoms with E-state index in [1.165, 1.54) is 13.0 Å². The summed E-state index contributed by atoms with van der Waals surface area (Å²) in [6.07, 6.45) is 4.73. The van der Waals surface area contributed by atoms with Gasteiger partial charge in [-0.05, 0) is 80.1 Å². The van der Waals surface area contributed by atoms with Gasteiger partial charge in [-0.3, -0.25) is 14.3 Å². The van der Waals surface area contributed by atoms with E-state index in [0.29, 0.717) is 17.8 Å². The van der Waals surface area contributed by atoms with E-state index >= 15 is 0 Å². The number of nitrogens with zero attached hydrogens (tertiary/aromatic N) is 2. The average Bonchev–Trinajstić information content (AvgIpc) is 2.78. The van der Waals surface area contributed by atoms with E-state index in [-0.39, 0.29) is 16.7 Å². The number of hydrogen-bond donors (Lipinski definition) is 1. The molecule has 0 aliphatic carbocycles. The first-order chi connectivity index (χ1) is 14.8. The third-order valence-corrected chi connectivity index (χ3v) is 7.27. The SMILES string of the molecule is CC(=O)N1CCCc2cc(S(=O)(=O)Nc3ccc(C(=O)N4CCCCC4)cc3)ccc21. The van der Waals surface area contributed by atoms with Crippen molar-refractivity contribution in [3.05, 3.63) is 53.6 Å². The Bertz CT molecular complexity index is 1090. The number of anilines is 2. The van der Waals surface area contributed by atoms with Crippen molar-refractivity contribution in [3.8, 4) is 0 Å². The van der Waals surface area contributed by atoms with Gasteiger partial charge in [0.05, 0.1) is 4.90 Å². The molecule has 8 heteroatoms. The molecule has 0 saturated carbocycles. The first kappa shape index (κ1) is 21.4. The Kier molecular flexibility index (Phi) is 6.00. The number of fused-ring (bicyclic) bond motifs is 1. The lowest BCUT2D eigenvalue weighted by molar-refractivity contribution is -0.116. The van der Waals surface area contributed by atoms with Gasteiger partial charge in [0.15, 0.2) is 0 Å². The molecule has 2 aliphatic heterocycles. The van der Waals surface area contributed by atoms with Crippen molar-refractivity contribution in [2.24, 2.45) is 0 Å². The Hall–Kier alpha value is -2.87. The number of aryl methyl sites for hydroxylation is 1. The van der Waals surface area contributed by atoms with E-state index in [1.54, 1.807) is 41.3 Å². The molecule has 7 nitrogen and oxygen atoms in total. The maximum absolute atomic E-state index is 12.9. The van der Waals surface area contributed by atoms with Crippen molar-refractivity contribution < 1.29 is 18.0 Å². The van der Waals surface area contributed by atoms with Gasteiger partial charge in [-0.1, -0.05) is 0 Å². The third-order valence-electron chi connectivity index (χ3n) is 5.89. The van der Waals surface area contributed by atoms with Crippen molar-refractivity contribution in [2.45, 2.75) is 43.9 Å². The normalized spacial score (nSPS) is 16.5. The van der Waals surface area contributed by atoms with E-state index in [4.69, 9.17) is 0 Å². The van der Waals surface area contributed by atoms with E-state index in [1.807, 2.05) is 4.90 Å². The predicted molar refractivity (Wildman–Crippen MR) is 120 cm³/mol. The van der Waals surface area contributed by atoms with Crippen LogP contribution in [0.2, 0.25) is 0 Å². The Labute approximate surface area is 183 Å². The Morgan fingerprint density at radius 3 is 2.29 bits per heavy atom. The third kappa shape index (κ3) is 4.58. The van der Waals surface area contributed by atoms with Crippen LogP contribution in [0.25, 0.3) is 0 Å². The number of hydrogen-bond acceptors (Lipinski definition) is 4.